The van der Waals surface area contributed by atoms with Gasteiger partial charge in [-0.05, 0) is 24.8 Å². The van der Waals surface area contributed by atoms with E-state index >= 15 is 0 Å². The van der Waals surface area contributed by atoms with Crippen molar-refractivity contribution in [3.05, 3.63) is 35.5 Å². The third-order valence-electron chi connectivity index (χ3n) is 4.27. The molecular formula is C16H18N2O2S2. The number of rotatable bonds is 1. The Bertz CT molecular complexity index is 741. The molecule has 6 heteroatoms. The van der Waals surface area contributed by atoms with Gasteiger partial charge in [0.25, 0.3) is 0 Å². The van der Waals surface area contributed by atoms with Gasteiger partial charge >= 0.3 is 5.97 Å². The number of fused-ring (bicyclic) bond motifs is 3. The van der Waals surface area contributed by atoms with Gasteiger partial charge in [0.2, 0.25) is 0 Å². The number of thiocarbonyl (C=S) groups is 1. The fourth-order valence-electron chi connectivity index (χ4n) is 3.22. The number of benzene rings is 1. The fourth-order valence-corrected chi connectivity index (χ4v) is 4.00. The molecule has 116 valence electrons. The number of hydrogen-bond acceptors (Lipinski definition) is 4. The van der Waals surface area contributed by atoms with Crippen molar-refractivity contribution in [2.45, 2.75) is 25.4 Å². The van der Waals surface area contributed by atoms with Crippen LogP contribution in [0.25, 0.3) is 10.9 Å². The molecule has 2 atom stereocenters. The molecule has 0 saturated carbocycles. The van der Waals surface area contributed by atoms with E-state index in [4.69, 9.17) is 17.0 Å². The number of esters is 1. The summed E-state index contributed by atoms with van der Waals surface area (Å²) in [5.41, 5.74) is 3.43. The highest BCUT2D eigenvalue weighted by atomic mass is 32.2. The van der Waals surface area contributed by atoms with E-state index in [-0.39, 0.29) is 18.1 Å². The first-order chi connectivity index (χ1) is 10.6. The standard InChI is InChI=1S/C16H18N2O2S2/c1-9-14-11(10-6-4-5-7-12(10)17-14)8-13(15(19)20-2)18(9)16(21)22-3/h4-7,9,13,17H,8H2,1-3H3/t9-,13-/m0/s1. The van der Waals surface area contributed by atoms with E-state index in [1.165, 1.54) is 29.8 Å². The van der Waals surface area contributed by atoms with Crippen LogP contribution in [-0.4, -0.2) is 39.6 Å². The minimum absolute atomic E-state index is 0.0141. The van der Waals surface area contributed by atoms with Crippen molar-refractivity contribution in [2.75, 3.05) is 13.4 Å². The zero-order valence-corrected chi connectivity index (χ0v) is 14.4. The minimum atomic E-state index is -0.369. The highest BCUT2D eigenvalue weighted by Crippen LogP contribution is 2.38. The first kappa shape index (κ1) is 15.4. The van der Waals surface area contributed by atoms with Gasteiger partial charge in [0.15, 0.2) is 0 Å². The summed E-state index contributed by atoms with van der Waals surface area (Å²) in [4.78, 5) is 17.7. The van der Waals surface area contributed by atoms with Crippen LogP contribution in [0.2, 0.25) is 0 Å². The Balaban J connectivity index is 2.14. The van der Waals surface area contributed by atoms with Crippen molar-refractivity contribution >= 4 is 45.2 Å². The number of carbonyl (C=O) groups is 1. The van der Waals surface area contributed by atoms with E-state index in [0.717, 1.165) is 11.2 Å². The molecule has 0 unspecified atom stereocenters. The van der Waals surface area contributed by atoms with Crippen molar-refractivity contribution in [2.24, 2.45) is 0 Å². The SMILES string of the molecule is COC(=O)[C@@H]1Cc2c([nH]c3ccccc23)[C@H](C)N1C(=S)SC. The molecule has 22 heavy (non-hydrogen) atoms. The molecule has 0 spiro atoms. The van der Waals surface area contributed by atoms with E-state index in [1.807, 2.05) is 23.3 Å². The van der Waals surface area contributed by atoms with E-state index < -0.39 is 0 Å². The lowest BCUT2D eigenvalue weighted by molar-refractivity contribution is -0.146. The number of para-hydroxylation sites is 1. The van der Waals surface area contributed by atoms with Crippen LogP contribution in [0.5, 0.6) is 0 Å². The number of nitrogens with one attached hydrogen (secondary N) is 1. The van der Waals surface area contributed by atoms with Crippen LogP contribution < -0.4 is 0 Å². The molecule has 0 fully saturated rings. The number of nitrogens with zero attached hydrogens (tertiary/aromatic N) is 1. The number of aromatic nitrogens is 1. The van der Waals surface area contributed by atoms with Crippen LogP contribution in [0.1, 0.15) is 24.2 Å². The van der Waals surface area contributed by atoms with Gasteiger partial charge in [-0.25, -0.2) is 4.79 Å². The van der Waals surface area contributed by atoms with Gasteiger partial charge in [0, 0.05) is 23.0 Å². The third-order valence-corrected chi connectivity index (χ3v) is 5.54. The molecule has 1 aromatic heterocycles. The number of H-pyrrole nitrogens is 1. The molecule has 0 amide bonds. The fraction of sp³-hybridized carbons (Fsp3) is 0.375. The predicted molar refractivity (Wildman–Crippen MR) is 94.2 cm³/mol. The summed E-state index contributed by atoms with van der Waals surface area (Å²) in [6.07, 6.45) is 2.54. The molecule has 0 bridgehead atoms. The summed E-state index contributed by atoms with van der Waals surface area (Å²) in [5, 5.41) is 1.17. The number of methoxy groups -OCH3 is 1. The second kappa shape index (κ2) is 5.93. The van der Waals surface area contributed by atoms with E-state index in [0.29, 0.717) is 10.7 Å². The highest BCUT2D eigenvalue weighted by molar-refractivity contribution is 8.22. The lowest BCUT2D eigenvalue weighted by Crippen LogP contribution is -2.49. The number of ether oxygens (including phenoxy) is 1. The molecule has 0 radical (unpaired) electrons. The molecule has 1 N–H and O–H groups in total. The lowest BCUT2D eigenvalue weighted by Gasteiger charge is -2.40. The maximum Gasteiger partial charge on any atom is 0.328 e. The van der Waals surface area contributed by atoms with Crippen molar-refractivity contribution in [3.63, 3.8) is 0 Å². The Morgan fingerprint density at radius 3 is 2.86 bits per heavy atom. The Morgan fingerprint density at radius 2 is 2.18 bits per heavy atom. The van der Waals surface area contributed by atoms with Crippen LogP contribution in [-0.2, 0) is 16.0 Å². The second-order valence-electron chi connectivity index (χ2n) is 5.36. The molecule has 2 heterocycles. The van der Waals surface area contributed by atoms with Gasteiger partial charge < -0.3 is 14.6 Å². The maximum absolute atomic E-state index is 12.3. The highest BCUT2D eigenvalue weighted by Gasteiger charge is 2.39. The number of carbonyl (C=O) groups excluding carboxylic acids is 1. The summed E-state index contributed by atoms with van der Waals surface area (Å²) < 4.78 is 5.72. The zero-order valence-electron chi connectivity index (χ0n) is 12.8. The predicted octanol–water partition coefficient (Wildman–Crippen LogP) is 3.28. The average Bonchev–Trinajstić information content (AvgIpc) is 2.92. The van der Waals surface area contributed by atoms with Gasteiger partial charge in [-0.1, -0.05) is 30.4 Å². The smallest absolute Gasteiger partial charge is 0.328 e. The Kier molecular flexibility index (Phi) is 4.14. The van der Waals surface area contributed by atoms with Crippen molar-refractivity contribution in [1.82, 2.24) is 9.88 Å². The van der Waals surface area contributed by atoms with Crippen LogP contribution in [0.3, 0.4) is 0 Å². The molecular weight excluding hydrogens is 316 g/mol. The summed E-state index contributed by atoms with van der Waals surface area (Å²) >= 11 is 6.96. The van der Waals surface area contributed by atoms with Crippen LogP contribution in [0.4, 0.5) is 0 Å². The van der Waals surface area contributed by atoms with Crippen LogP contribution in [0, 0.1) is 0 Å². The van der Waals surface area contributed by atoms with Gasteiger partial charge in [0.05, 0.1) is 13.2 Å². The normalized spacial score (nSPS) is 20.8. The Labute approximate surface area is 139 Å². The lowest BCUT2D eigenvalue weighted by atomic mass is 9.93. The van der Waals surface area contributed by atoms with Crippen LogP contribution >= 0.6 is 24.0 Å². The quantitative estimate of drug-likeness (QED) is 0.640. The molecule has 3 rings (SSSR count). The Hall–Kier alpha value is -1.53. The average molecular weight is 334 g/mol. The van der Waals surface area contributed by atoms with Crippen LogP contribution in [0.15, 0.2) is 24.3 Å². The first-order valence-electron chi connectivity index (χ1n) is 7.12. The van der Waals surface area contributed by atoms with Crippen molar-refractivity contribution in [3.8, 4) is 0 Å². The van der Waals surface area contributed by atoms with E-state index in [2.05, 4.69) is 24.0 Å². The van der Waals surface area contributed by atoms with Crippen molar-refractivity contribution in [1.29, 1.82) is 0 Å². The molecule has 0 aliphatic carbocycles. The molecule has 1 aromatic carbocycles. The zero-order chi connectivity index (χ0) is 15.9. The first-order valence-corrected chi connectivity index (χ1v) is 8.75. The molecule has 0 saturated heterocycles. The van der Waals surface area contributed by atoms with Crippen molar-refractivity contribution < 1.29 is 9.53 Å². The van der Waals surface area contributed by atoms with Gasteiger partial charge in [-0.15, -0.1) is 11.8 Å². The molecule has 4 nitrogen and oxygen atoms in total. The second-order valence-corrected chi connectivity index (χ2v) is 6.80. The Morgan fingerprint density at radius 1 is 1.45 bits per heavy atom. The maximum atomic E-state index is 12.3. The largest absolute Gasteiger partial charge is 0.467 e. The number of thioether (sulfide) groups is 1. The monoisotopic (exact) mass is 334 g/mol. The van der Waals surface area contributed by atoms with Gasteiger partial charge in [0.1, 0.15) is 10.4 Å². The number of hydrogen-bond donors (Lipinski definition) is 1. The summed E-state index contributed by atoms with van der Waals surface area (Å²) in [5.74, 6) is -0.237. The van der Waals surface area contributed by atoms with Gasteiger partial charge in [-0.2, -0.15) is 0 Å². The van der Waals surface area contributed by atoms with E-state index in [1.54, 1.807) is 0 Å². The summed E-state index contributed by atoms with van der Waals surface area (Å²) in [6, 6.07) is 7.83. The molecule has 2 aromatic rings. The molecule has 1 aliphatic heterocycles. The summed E-state index contributed by atoms with van der Waals surface area (Å²) in [7, 11) is 1.43. The topological polar surface area (TPSA) is 45.3 Å². The van der Waals surface area contributed by atoms with Gasteiger partial charge in [-0.3, -0.25) is 0 Å². The number of aromatic amines is 1. The minimum Gasteiger partial charge on any atom is -0.467 e. The molecule has 1 aliphatic rings. The van der Waals surface area contributed by atoms with E-state index in [9.17, 15) is 4.79 Å². The third kappa shape index (κ3) is 2.30. The summed E-state index contributed by atoms with van der Waals surface area (Å²) in [6.45, 7) is 2.08.